The van der Waals surface area contributed by atoms with Crippen LogP contribution in [-0.2, 0) is 11.3 Å². The number of benzene rings is 1. The number of hydrogen-bond acceptors (Lipinski definition) is 5. The lowest BCUT2D eigenvalue weighted by Crippen LogP contribution is -2.11. The summed E-state index contributed by atoms with van der Waals surface area (Å²) in [5.41, 5.74) is 0.216. The summed E-state index contributed by atoms with van der Waals surface area (Å²) in [6.07, 6.45) is 0.273. The number of aliphatic hydroxyl groups is 1. The van der Waals surface area contributed by atoms with Gasteiger partial charge in [-0.05, 0) is 13.0 Å². The number of aromatic nitrogens is 3. The Morgan fingerprint density at radius 3 is 2.95 bits per heavy atom. The van der Waals surface area contributed by atoms with Crippen LogP contribution in [0, 0.1) is 5.82 Å². The highest BCUT2D eigenvalue weighted by Gasteiger charge is 2.16. The summed E-state index contributed by atoms with van der Waals surface area (Å²) < 4.78 is 19.5. The topological polar surface area (TPSA) is 77.2 Å². The predicted molar refractivity (Wildman–Crippen MR) is 67.3 cm³/mol. The van der Waals surface area contributed by atoms with Crippen molar-refractivity contribution < 1.29 is 19.0 Å². The summed E-state index contributed by atoms with van der Waals surface area (Å²) in [6.45, 7) is 1.92. The highest BCUT2D eigenvalue weighted by atomic mass is 19.1. The zero-order valence-electron chi connectivity index (χ0n) is 10.9. The molecule has 0 aliphatic carbocycles. The number of nitrogens with zero attached hydrogens (tertiary/aromatic N) is 3. The number of aliphatic hydroxyl groups excluding tert-OH is 1. The molecular formula is C13H14FN3O3. The Hall–Kier alpha value is -2.28. The Kier molecular flexibility index (Phi) is 4.41. The normalized spacial score (nSPS) is 12.2. The van der Waals surface area contributed by atoms with E-state index in [2.05, 4.69) is 10.3 Å². The molecule has 2 aromatic rings. The Bertz CT molecular complexity index is 600. The monoisotopic (exact) mass is 279 g/mol. The fourth-order valence-corrected chi connectivity index (χ4v) is 1.71. The molecule has 0 bridgehead atoms. The molecule has 0 spiro atoms. The molecule has 7 heteroatoms. The van der Waals surface area contributed by atoms with E-state index in [1.165, 1.54) is 23.0 Å². The summed E-state index contributed by atoms with van der Waals surface area (Å²) in [6, 6.07) is 5.93. The van der Waals surface area contributed by atoms with Crippen molar-refractivity contribution in [3.05, 3.63) is 47.5 Å². The zero-order chi connectivity index (χ0) is 14.5. The summed E-state index contributed by atoms with van der Waals surface area (Å²) in [5.74, 6) is -1.08. The van der Waals surface area contributed by atoms with E-state index in [1.54, 1.807) is 19.1 Å². The number of ether oxygens (including phenoxy) is 1. The highest BCUT2D eigenvalue weighted by molar-refractivity contribution is 5.86. The Morgan fingerprint density at radius 1 is 1.50 bits per heavy atom. The van der Waals surface area contributed by atoms with Crippen LogP contribution in [0.4, 0.5) is 4.39 Å². The van der Waals surface area contributed by atoms with Crippen molar-refractivity contribution in [2.45, 2.75) is 19.6 Å². The quantitative estimate of drug-likeness (QED) is 0.835. The molecule has 2 rings (SSSR count). The lowest BCUT2D eigenvalue weighted by Gasteiger charge is -2.11. The van der Waals surface area contributed by atoms with Crippen LogP contribution >= 0.6 is 0 Å². The van der Waals surface area contributed by atoms with Crippen molar-refractivity contribution in [2.24, 2.45) is 0 Å². The van der Waals surface area contributed by atoms with Gasteiger partial charge >= 0.3 is 5.97 Å². The molecule has 1 aromatic carbocycles. The average Bonchev–Trinajstić information content (AvgIpc) is 2.88. The average molecular weight is 279 g/mol. The lowest BCUT2D eigenvalue weighted by atomic mass is 10.1. The van der Waals surface area contributed by atoms with Gasteiger partial charge in [0.05, 0.1) is 19.3 Å². The first-order valence-corrected chi connectivity index (χ1v) is 6.11. The van der Waals surface area contributed by atoms with Gasteiger partial charge in [-0.3, -0.25) is 0 Å². The van der Waals surface area contributed by atoms with E-state index in [1.807, 2.05) is 0 Å². The molecule has 0 fully saturated rings. The number of carbonyl (C=O) groups excluding carboxylic acids is 1. The third-order valence-electron chi connectivity index (χ3n) is 2.65. The molecular weight excluding hydrogens is 265 g/mol. The van der Waals surface area contributed by atoms with Crippen molar-refractivity contribution in [1.29, 1.82) is 0 Å². The number of hydrogen-bond donors (Lipinski definition) is 1. The molecule has 1 atom stereocenters. The zero-order valence-corrected chi connectivity index (χ0v) is 10.9. The highest BCUT2D eigenvalue weighted by Crippen LogP contribution is 2.18. The third-order valence-corrected chi connectivity index (χ3v) is 2.65. The second-order valence-corrected chi connectivity index (χ2v) is 4.08. The van der Waals surface area contributed by atoms with Gasteiger partial charge in [0.1, 0.15) is 11.9 Å². The second-order valence-electron chi connectivity index (χ2n) is 4.08. The maximum Gasteiger partial charge on any atom is 0.360 e. The molecule has 0 radical (unpaired) electrons. The van der Waals surface area contributed by atoms with E-state index >= 15 is 0 Å². The van der Waals surface area contributed by atoms with Crippen LogP contribution in [0.3, 0.4) is 0 Å². The van der Waals surface area contributed by atoms with Gasteiger partial charge in [-0.25, -0.2) is 13.9 Å². The molecule has 0 amide bonds. The van der Waals surface area contributed by atoms with Crippen molar-refractivity contribution in [3.63, 3.8) is 0 Å². The van der Waals surface area contributed by atoms with Gasteiger partial charge < -0.3 is 9.84 Å². The maximum atomic E-state index is 13.5. The minimum atomic E-state index is -1.08. The molecule has 106 valence electrons. The molecule has 0 aliphatic heterocycles. The smallest absolute Gasteiger partial charge is 0.360 e. The number of esters is 1. The number of halogens is 1. The molecule has 1 aromatic heterocycles. The van der Waals surface area contributed by atoms with Crippen LogP contribution in [0.25, 0.3) is 0 Å². The van der Waals surface area contributed by atoms with Crippen molar-refractivity contribution >= 4 is 5.97 Å². The first-order chi connectivity index (χ1) is 9.61. The van der Waals surface area contributed by atoms with E-state index in [-0.39, 0.29) is 24.4 Å². The fourth-order valence-electron chi connectivity index (χ4n) is 1.71. The fraction of sp³-hybridized carbons (Fsp3) is 0.308. The van der Waals surface area contributed by atoms with Gasteiger partial charge in [0.15, 0.2) is 5.69 Å². The van der Waals surface area contributed by atoms with Crippen LogP contribution in [-0.4, -0.2) is 32.7 Å². The van der Waals surface area contributed by atoms with Crippen LogP contribution in [0.15, 0.2) is 30.5 Å². The minimum Gasteiger partial charge on any atom is -0.461 e. The second kappa shape index (κ2) is 6.25. The first-order valence-electron chi connectivity index (χ1n) is 6.11. The van der Waals surface area contributed by atoms with Gasteiger partial charge in [-0.2, -0.15) is 0 Å². The Morgan fingerprint density at radius 2 is 2.25 bits per heavy atom. The molecule has 1 heterocycles. The first kappa shape index (κ1) is 14.1. The van der Waals surface area contributed by atoms with Gasteiger partial charge in [-0.1, -0.05) is 23.4 Å². The van der Waals surface area contributed by atoms with Gasteiger partial charge in [0, 0.05) is 5.56 Å². The lowest BCUT2D eigenvalue weighted by molar-refractivity contribution is 0.0519. The van der Waals surface area contributed by atoms with Crippen LogP contribution < -0.4 is 0 Å². The van der Waals surface area contributed by atoms with Crippen molar-refractivity contribution in [1.82, 2.24) is 15.0 Å². The minimum absolute atomic E-state index is 0.00661. The van der Waals surface area contributed by atoms with Crippen LogP contribution in [0.5, 0.6) is 0 Å². The van der Waals surface area contributed by atoms with E-state index in [0.717, 1.165) is 0 Å². The molecule has 0 aliphatic rings. The van der Waals surface area contributed by atoms with E-state index in [4.69, 9.17) is 4.74 Å². The molecule has 0 unspecified atom stereocenters. The summed E-state index contributed by atoms with van der Waals surface area (Å²) in [4.78, 5) is 11.4. The standard InChI is InChI=1S/C13H14FN3O3/c1-2-20-13(19)11-7-17(16-15-11)8-12(18)9-5-3-4-6-10(9)14/h3-7,12,18H,2,8H2,1H3/t12-/m0/s1. The SMILES string of the molecule is CCOC(=O)c1cn(C[C@H](O)c2ccccc2F)nn1. The van der Waals surface area contributed by atoms with E-state index in [9.17, 15) is 14.3 Å². The largest absolute Gasteiger partial charge is 0.461 e. The van der Waals surface area contributed by atoms with E-state index < -0.39 is 17.9 Å². The van der Waals surface area contributed by atoms with Crippen LogP contribution in [0.2, 0.25) is 0 Å². The van der Waals surface area contributed by atoms with Crippen LogP contribution in [0.1, 0.15) is 29.1 Å². The molecule has 6 nitrogen and oxygen atoms in total. The van der Waals surface area contributed by atoms with Crippen molar-refractivity contribution in [2.75, 3.05) is 6.61 Å². The number of carbonyl (C=O) groups is 1. The molecule has 0 saturated carbocycles. The number of rotatable bonds is 5. The van der Waals surface area contributed by atoms with Gasteiger partial charge in [0.2, 0.25) is 0 Å². The molecule has 1 N–H and O–H groups in total. The Balaban J connectivity index is 2.07. The maximum absolute atomic E-state index is 13.5. The summed E-state index contributed by atoms with van der Waals surface area (Å²) >= 11 is 0. The van der Waals surface area contributed by atoms with Crippen molar-refractivity contribution in [3.8, 4) is 0 Å². The Labute approximate surface area is 114 Å². The van der Waals surface area contributed by atoms with Gasteiger partial charge in [0.25, 0.3) is 0 Å². The molecule has 20 heavy (non-hydrogen) atoms. The summed E-state index contributed by atoms with van der Waals surface area (Å²) in [7, 11) is 0. The summed E-state index contributed by atoms with van der Waals surface area (Å²) in [5, 5.41) is 17.3. The van der Waals surface area contributed by atoms with Gasteiger partial charge in [-0.15, -0.1) is 5.10 Å². The molecule has 0 saturated heterocycles. The third kappa shape index (κ3) is 3.18. The predicted octanol–water partition coefficient (Wildman–Crippen LogP) is 1.33. The van der Waals surface area contributed by atoms with E-state index in [0.29, 0.717) is 0 Å².